The fourth-order valence-electron chi connectivity index (χ4n) is 2.92. The Balaban J connectivity index is 2.07. The van der Waals surface area contributed by atoms with Gasteiger partial charge >= 0.3 is 0 Å². The van der Waals surface area contributed by atoms with Gasteiger partial charge in [-0.1, -0.05) is 12.1 Å². The van der Waals surface area contributed by atoms with Crippen molar-refractivity contribution in [2.75, 3.05) is 24.3 Å². The average Bonchev–Trinajstić information content (AvgIpc) is 2.94. The summed E-state index contributed by atoms with van der Waals surface area (Å²) in [5.41, 5.74) is 2.16. The van der Waals surface area contributed by atoms with Gasteiger partial charge in [0, 0.05) is 36.0 Å². The van der Waals surface area contributed by atoms with E-state index >= 15 is 0 Å². The number of carbonyl (C=O) groups excluding carboxylic acids is 1. The molecule has 1 fully saturated rings. The summed E-state index contributed by atoms with van der Waals surface area (Å²) in [6.07, 6.45) is 3.62. The summed E-state index contributed by atoms with van der Waals surface area (Å²) in [7, 11) is 0. The van der Waals surface area contributed by atoms with Crippen LogP contribution in [0.5, 0.6) is 0 Å². The number of benzene rings is 1. The van der Waals surface area contributed by atoms with Crippen molar-refractivity contribution in [1.82, 2.24) is 5.32 Å². The molecule has 1 aromatic carbocycles. The third kappa shape index (κ3) is 4.03. The van der Waals surface area contributed by atoms with E-state index in [0.717, 1.165) is 18.7 Å². The van der Waals surface area contributed by atoms with Crippen LogP contribution < -0.4 is 10.2 Å². The quantitative estimate of drug-likeness (QED) is 0.810. The third-order valence-corrected chi connectivity index (χ3v) is 5.47. The number of nitrogens with one attached hydrogen (secondary N) is 1. The lowest BCUT2D eigenvalue weighted by Crippen LogP contribution is -2.39. The summed E-state index contributed by atoms with van der Waals surface area (Å²) >= 11 is 1.67. The van der Waals surface area contributed by atoms with Crippen LogP contribution in [0, 0.1) is 0 Å². The second-order valence-corrected chi connectivity index (χ2v) is 6.95. The average molecular weight is 322 g/mol. The summed E-state index contributed by atoms with van der Waals surface area (Å²) in [6.45, 7) is 5.21. The Morgan fingerprint density at radius 3 is 2.77 bits per heavy atom. The zero-order chi connectivity index (χ0) is 16.1. The number of thioether (sulfide) groups is 1. The smallest absolute Gasteiger partial charge is 0.227 e. The normalized spacial score (nSPS) is 19.3. The molecule has 5 heteroatoms. The Morgan fingerprint density at radius 1 is 1.41 bits per heavy atom. The number of aliphatic hydroxyl groups excluding tert-OH is 1. The predicted molar refractivity (Wildman–Crippen MR) is 93.4 cm³/mol. The molecule has 2 N–H and O–H groups in total. The highest BCUT2D eigenvalue weighted by Gasteiger charge is 2.23. The SMILES string of the molecule is CSC(CO)C(C)NC(C)c1cccc(N2CCCC2=O)c1. The largest absolute Gasteiger partial charge is 0.395 e. The van der Waals surface area contributed by atoms with Crippen LogP contribution >= 0.6 is 11.8 Å². The van der Waals surface area contributed by atoms with Crippen molar-refractivity contribution in [2.45, 2.75) is 44.0 Å². The van der Waals surface area contributed by atoms with Gasteiger partial charge in [-0.25, -0.2) is 0 Å². The lowest BCUT2D eigenvalue weighted by molar-refractivity contribution is -0.117. The maximum Gasteiger partial charge on any atom is 0.227 e. The number of hydrogen-bond acceptors (Lipinski definition) is 4. The molecule has 3 unspecified atom stereocenters. The summed E-state index contributed by atoms with van der Waals surface area (Å²) in [5.74, 6) is 0.217. The van der Waals surface area contributed by atoms with Crippen LogP contribution in [0.15, 0.2) is 24.3 Å². The van der Waals surface area contributed by atoms with Crippen molar-refractivity contribution in [3.8, 4) is 0 Å². The highest BCUT2D eigenvalue weighted by molar-refractivity contribution is 7.99. The lowest BCUT2D eigenvalue weighted by Gasteiger charge is -2.26. The number of hydrogen-bond donors (Lipinski definition) is 2. The first-order valence-corrected chi connectivity index (χ1v) is 9.15. The van der Waals surface area contributed by atoms with Gasteiger partial charge in [-0.2, -0.15) is 11.8 Å². The van der Waals surface area contributed by atoms with Crippen molar-refractivity contribution in [3.05, 3.63) is 29.8 Å². The fourth-order valence-corrected chi connectivity index (χ4v) is 3.55. The topological polar surface area (TPSA) is 52.6 Å². The zero-order valence-electron chi connectivity index (χ0n) is 13.6. The molecule has 1 aliphatic rings. The van der Waals surface area contributed by atoms with Crippen LogP contribution in [-0.2, 0) is 4.79 Å². The second kappa shape index (κ2) is 7.99. The van der Waals surface area contributed by atoms with Gasteiger partial charge in [0.1, 0.15) is 0 Å². The first-order valence-electron chi connectivity index (χ1n) is 7.86. The molecule has 1 aliphatic heterocycles. The standard InChI is InChI=1S/C17H26N2O2S/c1-12(18-13(2)16(11-20)22-3)14-6-4-7-15(10-14)19-9-5-8-17(19)21/h4,6-7,10,12-13,16,18,20H,5,8-9,11H2,1-3H3. The molecular weight excluding hydrogens is 296 g/mol. The van der Waals surface area contributed by atoms with Crippen LogP contribution in [0.3, 0.4) is 0 Å². The van der Waals surface area contributed by atoms with E-state index in [0.29, 0.717) is 6.42 Å². The second-order valence-electron chi connectivity index (χ2n) is 5.88. The maximum absolute atomic E-state index is 11.9. The van der Waals surface area contributed by atoms with E-state index in [1.54, 1.807) is 11.8 Å². The number of carbonyl (C=O) groups is 1. The molecule has 1 heterocycles. The molecule has 0 spiro atoms. The van der Waals surface area contributed by atoms with Crippen molar-refractivity contribution >= 4 is 23.4 Å². The Hall–Kier alpha value is -1.04. The molecule has 0 aromatic heterocycles. The Labute approximate surface area is 137 Å². The van der Waals surface area contributed by atoms with Gasteiger partial charge in [0.2, 0.25) is 5.91 Å². The molecule has 1 aromatic rings. The Kier molecular flexibility index (Phi) is 6.29. The molecular formula is C17H26N2O2S. The molecule has 0 aliphatic carbocycles. The number of amides is 1. The number of nitrogens with zero attached hydrogens (tertiary/aromatic N) is 1. The van der Waals surface area contributed by atoms with E-state index in [-0.39, 0.29) is 29.8 Å². The van der Waals surface area contributed by atoms with Crippen molar-refractivity contribution in [3.63, 3.8) is 0 Å². The summed E-state index contributed by atoms with van der Waals surface area (Å²) in [5, 5.41) is 13.1. The van der Waals surface area contributed by atoms with Crippen molar-refractivity contribution in [2.24, 2.45) is 0 Å². The van der Waals surface area contributed by atoms with Gasteiger partial charge in [0.25, 0.3) is 0 Å². The predicted octanol–water partition coefficient (Wildman–Crippen LogP) is 2.58. The van der Waals surface area contributed by atoms with Crippen LogP contribution in [0.1, 0.15) is 38.3 Å². The highest BCUT2D eigenvalue weighted by atomic mass is 32.2. The van der Waals surface area contributed by atoms with Crippen LogP contribution in [-0.4, -0.2) is 41.7 Å². The van der Waals surface area contributed by atoms with Crippen LogP contribution in [0.4, 0.5) is 5.69 Å². The Morgan fingerprint density at radius 2 is 2.18 bits per heavy atom. The molecule has 3 atom stereocenters. The van der Waals surface area contributed by atoms with Crippen LogP contribution in [0.25, 0.3) is 0 Å². The van der Waals surface area contributed by atoms with Gasteiger partial charge in [-0.05, 0) is 44.2 Å². The van der Waals surface area contributed by atoms with Gasteiger partial charge in [-0.3, -0.25) is 4.79 Å². The fraction of sp³-hybridized carbons (Fsp3) is 0.588. The van der Waals surface area contributed by atoms with Gasteiger partial charge < -0.3 is 15.3 Å². The van der Waals surface area contributed by atoms with E-state index in [1.165, 1.54) is 5.56 Å². The van der Waals surface area contributed by atoms with E-state index in [1.807, 2.05) is 23.3 Å². The molecule has 2 rings (SSSR count). The summed E-state index contributed by atoms with van der Waals surface area (Å²) in [4.78, 5) is 13.8. The molecule has 4 nitrogen and oxygen atoms in total. The van der Waals surface area contributed by atoms with Crippen molar-refractivity contribution < 1.29 is 9.90 Å². The number of anilines is 1. The summed E-state index contributed by atoms with van der Waals surface area (Å²) in [6, 6.07) is 8.58. The third-order valence-electron chi connectivity index (χ3n) is 4.31. The van der Waals surface area contributed by atoms with E-state index in [4.69, 9.17) is 0 Å². The first-order chi connectivity index (χ1) is 10.6. The highest BCUT2D eigenvalue weighted by Crippen LogP contribution is 2.25. The molecule has 1 amide bonds. The van der Waals surface area contributed by atoms with Crippen LogP contribution in [0.2, 0.25) is 0 Å². The maximum atomic E-state index is 11.9. The molecule has 0 bridgehead atoms. The molecule has 22 heavy (non-hydrogen) atoms. The zero-order valence-corrected chi connectivity index (χ0v) is 14.4. The van der Waals surface area contributed by atoms with Gasteiger partial charge in [0.15, 0.2) is 0 Å². The minimum Gasteiger partial charge on any atom is -0.395 e. The van der Waals surface area contributed by atoms with E-state index in [2.05, 4.69) is 31.3 Å². The van der Waals surface area contributed by atoms with E-state index in [9.17, 15) is 9.90 Å². The number of rotatable bonds is 7. The molecule has 1 saturated heterocycles. The molecule has 0 saturated carbocycles. The minimum absolute atomic E-state index is 0.171. The van der Waals surface area contributed by atoms with Gasteiger partial charge in [-0.15, -0.1) is 0 Å². The van der Waals surface area contributed by atoms with Gasteiger partial charge in [0.05, 0.1) is 6.61 Å². The minimum atomic E-state index is 0.171. The first kappa shape index (κ1) is 17.3. The lowest BCUT2D eigenvalue weighted by atomic mass is 10.1. The molecule has 0 radical (unpaired) electrons. The van der Waals surface area contributed by atoms with E-state index < -0.39 is 0 Å². The van der Waals surface area contributed by atoms with Crippen molar-refractivity contribution in [1.29, 1.82) is 0 Å². The Bertz CT molecular complexity index is 505. The number of aliphatic hydroxyl groups is 1. The summed E-state index contributed by atoms with van der Waals surface area (Å²) < 4.78 is 0. The molecule has 122 valence electrons. The monoisotopic (exact) mass is 322 g/mol.